The Morgan fingerprint density at radius 2 is 1.57 bits per heavy atom. The van der Waals surface area contributed by atoms with Crippen molar-refractivity contribution in [2.75, 3.05) is 0 Å². The fraction of sp³-hybridized carbons (Fsp3) is 0.333. The van der Waals surface area contributed by atoms with Gasteiger partial charge in [-0.25, -0.2) is 0 Å². The van der Waals surface area contributed by atoms with Gasteiger partial charge in [0.15, 0.2) is 0 Å². The molecule has 21 heavy (non-hydrogen) atoms. The van der Waals surface area contributed by atoms with Gasteiger partial charge in [0.25, 0.3) is 0 Å². The van der Waals surface area contributed by atoms with E-state index in [1.807, 2.05) is 18.2 Å². The topological polar surface area (TPSA) is 32.3 Å². The number of aromatic hydroxyl groups is 1. The van der Waals surface area contributed by atoms with Crippen LogP contribution in [0.1, 0.15) is 49.9 Å². The van der Waals surface area contributed by atoms with Crippen LogP contribution >= 0.6 is 15.9 Å². The fourth-order valence-electron chi connectivity index (χ4n) is 2.60. The quantitative estimate of drug-likeness (QED) is 0.738. The Kier molecular flexibility index (Phi) is 5.83. The lowest BCUT2D eigenvalue weighted by molar-refractivity contribution is 0.402. The van der Waals surface area contributed by atoms with E-state index >= 15 is 0 Å². The van der Waals surface area contributed by atoms with Gasteiger partial charge in [-0.3, -0.25) is 0 Å². The van der Waals surface area contributed by atoms with Crippen molar-refractivity contribution in [3.8, 4) is 5.75 Å². The second-order valence-electron chi connectivity index (χ2n) is 5.20. The molecule has 0 aliphatic carbocycles. The molecule has 0 fully saturated rings. The highest BCUT2D eigenvalue weighted by Crippen LogP contribution is 2.29. The smallest absolute Gasteiger partial charge is 0.120 e. The van der Waals surface area contributed by atoms with Crippen LogP contribution in [0.5, 0.6) is 5.75 Å². The summed E-state index contributed by atoms with van der Waals surface area (Å²) in [6.07, 6.45) is 1.94. The average Bonchev–Trinajstić information content (AvgIpc) is 2.51. The Labute approximate surface area is 135 Å². The highest BCUT2D eigenvalue weighted by Gasteiger charge is 2.18. The Hall–Kier alpha value is -1.32. The van der Waals surface area contributed by atoms with E-state index in [-0.39, 0.29) is 12.1 Å². The van der Waals surface area contributed by atoms with Crippen molar-refractivity contribution in [2.45, 2.75) is 38.8 Å². The first-order chi connectivity index (χ1) is 10.2. The Bertz CT molecular complexity index is 568. The summed E-state index contributed by atoms with van der Waals surface area (Å²) in [6, 6.07) is 16.4. The summed E-state index contributed by atoms with van der Waals surface area (Å²) in [7, 11) is 0. The van der Waals surface area contributed by atoms with Crippen LogP contribution in [-0.2, 0) is 0 Å². The highest BCUT2D eigenvalue weighted by molar-refractivity contribution is 9.10. The van der Waals surface area contributed by atoms with Crippen LogP contribution in [0.3, 0.4) is 0 Å². The van der Waals surface area contributed by atoms with Crippen molar-refractivity contribution in [2.24, 2.45) is 0 Å². The van der Waals surface area contributed by atoms with Crippen molar-refractivity contribution in [3.05, 3.63) is 64.1 Å². The molecular formula is C18H22BrNO. The van der Waals surface area contributed by atoms with Crippen LogP contribution in [0.4, 0.5) is 0 Å². The van der Waals surface area contributed by atoms with Crippen LogP contribution in [0.2, 0.25) is 0 Å². The van der Waals surface area contributed by atoms with E-state index in [0.29, 0.717) is 5.75 Å². The number of phenolic OH excluding ortho intramolecular Hbond substituents is 1. The van der Waals surface area contributed by atoms with Gasteiger partial charge in [0.1, 0.15) is 5.75 Å². The third-order valence-corrected chi connectivity index (χ3v) is 4.33. The zero-order valence-corrected chi connectivity index (χ0v) is 14.1. The molecule has 0 saturated carbocycles. The Balaban J connectivity index is 2.19. The summed E-state index contributed by atoms with van der Waals surface area (Å²) in [4.78, 5) is 0. The summed E-state index contributed by atoms with van der Waals surface area (Å²) >= 11 is 3.47. The minimum atomic E-state index is 0.153. The molecule has 0 aliphatic rings. The molecule has 2 aromatic carbocycles. The lowest BCUT2D eigenvalue weighted by Gasteiger charge is -2.25. The molecule has 2 aromatic rings. The summed E-state index contributed by atoms with van der Waals surface area (Å²) in [5, 5.41) is 13.7. The predicted molar refractivity (Wildman–Crippen MR) is 91.4 cm³/mol. The van der Waals surface area contributed by atoms with Gasteiger partial charge < -0.3 is 10.4 Å². The molecule has 2 nitrogen and oxygen atoms in total. The maximum atomic E-state index is 10.1. The molecule has 2 atom stereocenters. The van der Waals surface area contributed by atoms with E-state index in [0.717, 1.165) is 22.9 Å². The SMILES string of the molecule is CCC(NC(CC)c1ccccc1O)c1ccc(Br)cc1. The molecule has 0 aromatic heterocycles. The van der Waals surface area contributed by atoms with Gasteiger partial charge in [-0.2, -0.15) is 0 Å². The number of benzene rings is 2. The predicted octanol–water partition coefficient (Wildman–Crippen LogP) is 5.35. The van der Waals surface area contributed by atoms with E-state index in [1.165, 1.54) is 5.56 Å². The van der Waals surface area contributed by atoms with E-state index in [9.17, 15) is 5.11 Å². The first-order valence-corrected chi connectivity index (χ1v) is 8.24. The van der Waals surface area contributed by atoms with Crippen LogP contribution in [-0.4, -0.2) is 5.11 Å². The average molecular weight is 348 g/mol. The number of para-hydroxylation sites is 1. The van der Waals surface area contributed by atoms with Crippen LogP contribution in [0.15, 0.2) is 53.0 Å². The third-order valence-electron chi connectivity index (χ3n) is 3.80. The molecule has 0 radical (unpaired) electrons. The van der Waals surface area contributed by atoms with Gasteiger partial charge in [0, 0.05) is 22.1 Å². The maximum Gasteiger partial charge on any atom is 0.120 e. The minimum Gasteiger partial charge on any atom is -0.508 e. The first-order valence-electron chi connectivity index (χ1n) is 7.45. The monoisotopic (exact) mass is 347 g/mol. The number of halogens is 1. The number of nitrogens with one attached hydrogen (secondary N) is 1. The number of hydrogen-bond acceptors (Lipinski definition) is 2. The van der Waals surface area contributed by atoms with Gasteiger partial charge in [-0.15, -0.1) is 0 Å². The van der Waals surface area contributed by atoms with Gasteiger partial charge in [0.2, 0.25) is 0 Å². The van der Waals surface area contributed by atoms with Crippen molar-refractivity contribution < 1.29 is 5.11 Å². The number of rotatable bonds is 6. The van der Waals surface area contributed by atoms with Crippen LogP contribution < -0.4 is 5.32 Å². The number of phenols is 1. The summed E-state index contributed by atoms with van der Waals surface area (Å²) in [6.45, 7) is 4.32. The molecule has 3 heteroatoms. The van der Waals surface area contributed by atoms with Crippen LogP contribution in [0.25, 0.3) is 0 Å². The lowest BCUT2D eigenvalue weighted by Crippen LogP contribution is -2.25. The maximum absolute atomic E-state index is 10.1. The molecular weight excluding hydrogens is 326 g/mol. The highest BCUT2D eigenvalue weighted by atomic mass is 79.9. The molecule has 0 bridgehead atoms. The standard InChI is InChI=1S/C18H22BrNO/c1-3-16(13-9-11-14(19)12-10-13)20-17(4-2)15-7-5-6-8-18(15)21/h5-12,16-17,20-21H,3-4H2,1-2H3. The third kappa shape index (κ3) is 4.08. The van der Waals surface area contributed by atoms with Crippen LogP contribution in [0, 0.1) is 0 Å². The fourth-order valence-corrected chi connectivity index (χ4v) is 2.86. The molecule has 2 rings (SSSR count). The second kappa shape index (κ2) is 7.62. The number of hydrogen-bond donors (Lipinski definition) is 2. The molecule has 0 spiro atoms. The zero-order valence-electron chi connectivity index (χ0n) is 12.5. The van der Waals surface area contributed by atoms with Crippen molar-refractivity contribution in [3.63, 3.8) is 0 Å². The zero-order chi connectivity index (χ0) is 15.2. The Morgan fingerprint density at radius 1 is 0.952 bits per heavy atom. The molecule has 0 amide bonds. The molecule has 2 unspecified atom stereocenters. The van der Waals surface area contributed by atoms with Crippen molar-refractivity contribution >= 4 is 15.9 Å². The summed E-state index contributed by atoms with van der Waals surface area (Å²) < 4.78 is 1.09. The normalized spacial score (nSPS) is 13.9. The van der Waals surface area contributed by atoms with E-state index < -0.39 is 0 Å². The lowest BCUT2D eigenvalue weighted by atomic mass is 9.98. The largest absolute Gasteiger partial charge is 0.508 e. The van der Waals surface area contributed by atoms with Crippen molar-refractivity contribution in [1.29, 1.82) is 0 Å². The first kappa shape index (κ1) is 16.1. The minimum absolute atomic E-state index is 0.153. The molecule has 0 aliphatic heterocycles. The van der Waals surface area contributed by atoms with Gasteiger partial charge in [-0.05, 0) is 36.6 Å². The Morgan fingerprint density at radius 3 is 2.14 bits per heavy atom. The summed E-state index contributed by atoms with van der Waals surface area (Å²) in [5.41, 5.74) is 2.24. The van der Waals surface area contributed by atoms with E-state index in [1.54, 1.807) is 6.07 Å². The molecule has 112 valence electrons. The molecule has 0 heterocycles. The van der Waals surface area contributed by atoms with E-state index in [2.05, 4.69) is 59.4 Å². The molecule has 0 saturated heterocycles. The second-order valence-corrected chi connectivity index (χ2v) is 6.11. The van der Waals surface area contributed by atoms with E-state index in [4.69, 9.17) is 0 Å². The van der Waals surface area contributed by atoms with Gasteiger partial charge in [0.05, 0.1) is 0 Å². The van der Waals surface area contributed by atoms with Gasteiger partial charge in [-0.1, -0.05) is 60.1 Å². The van der Waals surface area contributed by atoms with Gasteiger partial charge >= 0.3 is 0 Å². The summed E-state index contributed by atoms with van der Waals surface area (Å²) in [5.74, 6) is 0.363. The molecule has 2 N–H and O–H groups in total. The van der Waals surface area contributed by atoms with Crippen molar-refractivity contribution in [1.82, 2.24) is 5.32 Å².